The molecule has 1 N–H and O–H groups in total. The minimum absolute atomic E-state index is 0.0494. The summed E-state index contributed by atoms with van der Waals surface area (Å²) in [5, 5.41) is 3.11. The van der Waals surface area contributed by atoms with E-state index in [2.05, 4.69) is 36.1 Å². The minimum atomic E-state index is -3.29. The van der Waals surface area contributed by atoms with Crippen molar-refractivity contribution in [3.63, 3.8) is 0 Å². The summed E-state index contributed by atoms with van der Waals surface area (Å²) in [4.78, 5) is 10.7. The number of rotatable bonds is 6. The van der Waals surface area contributed by atoms with Crippen molar-refractivity contribution in [1.82, 2.24) is 14.3 Å². The zero-order chi connectivity index (χ0) is 18.6. The largest absolute Gasteiger partial charge is 0.369 e. The Labute approximate surface area is 162 Å². The van der Waals surface area contributed by atoms with Gasteiger partial charge in [0.2, 0.25) is 10.0 Å². The lowest BCUT2D eigenvalue weighted by molar-refractivity contribution is 0.384. The van der Waals surface area contributed by atoms with Crippen molar-refractivity contribution >= 4 is 37.6 Å². The first kappa shape index (κ1) is 19.1. The average molecular weight is 440 g/mol. The first-order valence-corrected chi connectivity index (χ1v) is 10.9. The number of halogens is 1. The van der Waals surface area contributed by atoms with Gasteiger partial charge in [-0.1, -0.05) is 6.07 Å². The molecule has 0 aromatic carbocycles. The maximum absolute atomic E-state index is 12.6. The second-order valence-electron chi connectivity index (χ2n) is 6.14. The fraction of sp³-hybridized carbons (Fsp3) is 0.412. The Hall–Kier alpha value is -1.71. The van der Waals surface area contributed by atoms with E-state index in [1.807, 2.05) is 31.2 Å². The number of piperazine rings is 1. The van der Waals surface area contributed by atoms with E-state index < -0.39 is 10.0 Å². The Balaban J connectivity index is 1.51. The Morgan fingerprint density at radius 1 is 1.19 bits per heavy atom. The molecule has 9 heteroatoms. The third kappa shape index (κ3) is 4.72. The number of sulfonamides is 1. The highest BCUT2D eigenvalue weighted by atomic mass is 79.9. The maximum Gasteiger partial charge on any atom is 0.215 e. The van der Waals surface area contributed by atoms with Crippen LogP contribution >= 0.6 is 15.9 Å². The van der Waals surface area contributed by atoms with Crippen LogP contribution in [0.25, 0.3) is 0 Å². The van der Waals surface area contributed by atoms with Crippen LogP contribution in [-0.2, 0) is 10.0 Å². The predicted octanol–water partition coefficient (Wildman–Crippen LogP) is 2.11. The summed E-state index contributed by atoms with van der Waals surface area (Å²) in [7, 11) is -3.29. The van der Waals surface area contributed by atoms with Crippen molar-refractivity contribution in [3.8, 4) is 0 Å². The van der Waals surface area contributed by atoms with Gasteiger partial charge in [-0.05, 0) is 46.6 Å². The van der Waals surface area contributed by atoms with Crippen LogP contribution in [-0.4, -0.2) is 61.2 Å². The molecule has 1 aliphatic heterocycles. The zero-order valence-corrected chi connectivity index (χ0v) is 17.0. The highest BCUT2D eigenvalue weighted by Crippen LogP contribution is 2.17. The fourth-order valence-corrected chi connectivity index (χ4v) is 4.67. The molecule has 2 aromatic heterocycles. The number of pyridine rings is 2. The normalized spacial score (nSPS) is 15.8. The van der Waals surface area contributed by atoms with E-state index >= 15 is 0 Å². The van der Waals surface area contributed by atoms with E-state index in [9.17, 15) is 8.42 Å². The molecule has 140 valence electrons. The molecule has 1 fully saturated rings. The van der Waals surface area contributed by atoms with Gasteiger partial charge in [0.25, 0.3) is 0 Å². The molecule has 0 aliphatic carbocycles. The number of anilines is 2. The van der Waals surface area contributed by atoms with Crippen LogP contribution in [0, 0.1) is 6.92 Å². The van der Waals surface area contributed by atoms with Gasteiger partial charge in [0.1, 0.15) is 11.6 Å². The first-order chi connectivity index (χ1) is 12.5. The summed E-state index contributed by atoms with van der Waals surface area (Å²) < 4.78 is 27.6. The first-order valence-electron chi connectivity index (χ1n) is 8.45. The van der Waals surface area contributed by atoms with Crippen LogP contribution in [0.1, 0.15) is 5.56 Å². The highest BCUT2D eigenvalue weighted by Gasteiger charge is 2.27. The molecule has 26 heavy (non-hydrogen) atoms. The van der Waals surface area contributed by atoms with Crippen molar-refractivity contribution in [1.29, 1.82) is 0 Å². The lowest BCUT2D eigenvalue weighted by atomic mass is 10.3. The lowest BCUT2D eigenvalue weighted by Crippen LogP contribution is -2.50. The molecule has 2 aromatic rings. The van der Waals surface area contributed by atoms with Gasteiger partial charge >= 0.3 is 0 Å². The van der Waals surface area contributed by atoms with Crippen LogP contribution in [0.4, 0.5) is 11.6 Å². The molecule has 0 spiro atoms. The second kappa shape index (κ2) is 8.32. The quantitative estimate of drug-likeness (QED) is 0.742. The summed E-state index contributed by atoms with van der Waals surface area (Å²) >= 11 is 3.37. The number of hydrogen-bond donors (Lipinski definition) is 1. The average Bonchev–Trinajstić information content (AvgIpc) is 2.64. The summed E-state index contributed by atoms with van der Waals surface area (Å²) in [6.07, 6.45) is 3.45. The third-order valence-corrected chi connectivity index (χ3v) is 6.61. The Morgan fingerprint density at radius 3 is 2.62 bits per heavy atom. The molecule has 1 aliphatic rings. The number of aryl methyl sites for hydroxylation is 1. The van der Waals surface area contributed by atoms with E-state index in [4.69, 9.17) is 0 Å². The molecule has 0 amide bonds. The van der Waals surface area contributed by atoms with Gasteiger partial charge in [0.15, 0.2) is 0 Å². The van der Waals surface area contributed by atoms with Crippen molar-refractivity contribution < 1.29 is 8.42 Å². The molecule has 0 atom stereocenters. The van der Waals surface area contributed by atoms with Gasteiger partial charge in [-0.15, -0.1) is 0 Å². The van der Waals surface area contributed by atoms with Crippen molar-refractivity contribution in [3.05, 3.63) is 46.7 Å². The molecule has 0 unspecified atom stereocenters. The molecule has 0 saturated carbocycles. The van der Waals surface area contributed by atoms with E-state index in [1.54, 1.807) is 16.7 Å². The number of aromatic nitrogens is 2. The maximum atomic E-state index is 12.6. The van der Waals surface area contributed by atoms with Crippen LogP contribution in [0.15, 0.2) is 41.1 Å². The molecule has 1 saturated heterocycles. The standard InChI is InChI=1S/C17H22BrN5O2S/c1-14-12-15(18)13-21-17(14)20-6-11-26(24,25)23-9-7-22(8-10-23)16-4-2-3-5-19-16/h2-5,12-13H,6-11H2,1H3,(H,20,21). The van der Waals surface area contributed by atoms with E-state index in [0.29, 0.717) is 38.5 Å². The van der Waals surface area contributed by atoms with Gasteiger partial charge < -0.3 is 10.2 Å². The predicted molar refractivity (Wildman–Crippen MR) is 107 cm³/mol. The molecule has 0 radical (unpaired) electrons. The van der Waals surface area contributed by atoms with Crippen LogP contribution in [0.5, 0.6) is 0 Å². The van der Waals surface area contributed by atoms with E-state index in [1.165, 1.54) is 0 Å². The van der Waals surface area contributed by atoms with E-state index in [-0.39, 0.29) is 5.75 Å². The SMILES string of the molecule is Cc1cc(Br)cnc1NCCS(=O)(=O)N1CCN(c2ccccn2)CC1. The number of hydrogen-bond acceptors (Lipinski definition) is 6. The summed E-state index contributed by atoms with van der Waals surface area (Å²) in [6, 6.07) is 7.71. The van der Waals surface area contributed by atoms with Gasteiger partial charge in [-0.3, -0.25) is 0 Å². The van der Waals surface area contributed by atoms with Gasteiger partial charge in [-0.2, -0.15) is 4.31 Å². The minimum Gasteiger partial charge on any atom is -0.369 e. The molecule has 7 nitrogen and oxygen atoms in total. The summed E-state index contributed by atoms with van der Waals surface area (Å²) in [5.74, 6) is 1.65. The monoisotopic (exact) mass is 439 g/mol. The van der Waals surface area contributed by atoms with Crippen LogP contribution in [0.3, 0.4) is 0 Å². The zero-order valence-electron chi connectivity index (χ0n) is 14.6. The third-order valence-electron chi connectivity index (χ3n) is 4.30. The molecule has 0 bridgehead atoms. The molecule has 3 heterocycles. The van der Waals surface area contributed by atoms with Crippen molar-refractivity contribution in [2.45, 2.75) is 6.92 Å². The highest BCUT2D eigenvalue weighted by molar-refractivity contribution is 9.10. The smallest absolute Gasteiger partial charge is 0.215 e. The van der Waals surface area contributed by atoms with Gasteiger partial charge in [0, 0.05) is 49.6 Å². The Kier molecular flexibility index (Phi) is 6.10. The van der Waals surface area contributed by atoms with Crippen LogP contribution in [0.2, 0.25) is 0 Å². The molecule has 3 rings (SSSR count). The van der Waals surface area contributed by atoms with E-state index in [0.717, 1.165) is 15.9 Å². The Bertz CT molecular complexity index is 839. The summed E-state index contributed by atoms with van der Waals surface area (Å²) in [6.45, 7) is 4.53. The van der Waals surface area contributed by atoms with Crippen molar-refractivity contribution in [2.75, 3.05) is 48.7 Å². The Morgan fingerprint density at radius 2 is 1.96 bits per heavy atom. The second-order valence-corrected chi connectivity index (χ2v) is 9.14. The van der Waals surface area contributed by atoms with Crippen LogP contribution < -0.4 is 10.2 Å². The lowest BCUT2D eigenvalue weighted by Gasteiger charge is -2.34. The number of nitrogens with zero attached hydrogens (tertiary/aromatic N) is 4. The molecular weight excluding hydrogens is 418 g/mol. The van der Waals surface area contributed by atoms with Gasteiger partial charge in [0.05, 0.1) is 5.75 Å². The topological polar surface area (TPSA) is 78.4 Å². The van der Waals surface area contributed by atoms with Crippen molar-refractivity contribution in [2.24, 2.45) is 0 Å². The van der Waals surface area contributed by atoms with Gasteiger partial charge in [-0.25, -0.2) is 18.4 Å². The fourth-order valence-electron chi connectivity index (χ4n) is 2.89. The summed E-state index contributed by atoms with van der Waals surface area (Å²) in [5.41, 5.74) is 0.973. The number of nitrogens with one attached hydrogen (secondary N) is 1. The molecular formula is C17H22BrN5O2S.